The molecule has 0 radical (unpaired) electrons. The van der Waals surface area contributed by atoms with Crippen molar-refractivity contribution < 1.29 is 9.53 Å². The molecule has 0 aliphatic rings. The molecule has 0 saturated carbocycles. The molecular formula is C19H22ClNO2. The van der Waals surface area contributed by atoms with E-state index in [-0.39, 0.29) is 5.91 Å². The summed E-state index contributed by atoms with van der Waals surface area (Å²) in [5, 5.41) is 0.702. The van der Waals surface area contributed by atoms with Gasteiger partial charge in [0.15, 0.2) is 0 Å². The molecule has 0 unspecified atom stereocenters. The van der Waals surface area contributed by atoms with Gasteiger partial charge in [-0.05, 0) is 56.2 Å². The van der Waals surface area contributed by atoms with Crippen LogP contribution in [0.5, 0.6) is 5.75 Å². The van der Waals surface area contributed by atoms with E-state index in [1.54, 1.807) is 4.90 Å². The number of rotatable bonds is 7. The van der Waals surface area contributed by atoms with Gasteiger partial charge in [0.2, 0.25) is 0 Å². The summed E-state index contributed by atoms with van der Waals surface area (Å²) >= 11 is 5.83. The molecule has 2 aromatic carbocycles. The van der Waals surface area contributed by atoms with Crippen molar-refractivity contribution in [2.75, 3.05) is 20.2 Å². The summed E-state index contributed by atoms with van der Waals surface area (Å²) in [6.45, 7) is 3.36. The van der Waals surface area contributed by atoms with Crippen LogP contribution in [0.1, 0.15) is 28.8 Å². The molecule has 2 aromatic rings. The van der Waals surface area contributed by atoms with E-state index in [2.05, 4.69) is 0 Å². The van der Waals surface area contributed by atoms with Gasteiger partial charge in [-0.3, -0.25) is 4.79 Å². The number of carbonyl (C=O) groups is 1. The standard InChI is InChI=1S/C19H22ClNO2/c1-15-5-7-16(8-6-15)19(22)21(2)13-3-4-14-23-18-11-9-17(20)10-12-18/h5-12H,3-4,13-14H2,1-2H3. The van der Waals surface area contributed by atoms with Gasteiger partial charge in [-0.15, -0.1) is 0 Å². The molecule has 122 valence electrons. The van der Waals surface area contributed by atoms with Crippen LogP contribution in [0.3, 0.4) is 0 Å². The van der Waals surface area contributed by atoms with Crippen LogP contribution in [0.25, 0.3) is 0 Å². The molecule has 0 spiro atoms. The minimum Gasteiger partial charge on any atom is -0.494 e. The molecule has 4 heteroatoms. The van der Waals surface area contributed by atoms with Crippen LogP contribution in [-0.4, -0.2) is 31.0 Å². The van der Waals surface area contributed by atoms with Crippen LogP contribution >= 0.6 is 11.6 Å². The van der Waals surface area contributed by atoms with Crippen molar-refractivity contribution in [3.63, 3.8) is 0 Å². The number of aryl methyl sites for hydroxylation is 1. The highest BCUT2D eigenvalue weighted by Crippen LogP contribution is 2.15. The maximum absolute atomic E-state index is 12.3. The number of ether oxygens (including phenoxy) is 1. The highest BCUT2D eigenvalue weighted by atomic mass is 35.5. The van der Waals surface area contributed by atoms with Gasteiger partial charge in [0.05, 0.1) is 6.61 Å². The smallest absolute Gasteiger partial charge is 0.253 e. The summed E-state index contributed by atoms with van der Waals surface area (Å²) in [7, 11) is 1.84. The molecule has 0 atom stereocenters. The number of carbonyl (C=O) groups excluding carboxylic acids is 1. The molecule has 0 heterocycles. The molecule has 0 fully saturated rings. The maximum atomic E-state index is 12.3. The first kappa shape index (κ1) is 17.4. The number of halogens is 1. The Kier molecular flexibility index (Phi) is 6.48. The molecule has 0 aliphatic heterocycles. The molecule has 0 aromatic heterocycles. The van der Waals surface area contributed by atoms with E-state index in [1.165, 1.54) is 0 Å². The predicted molar refractivity (Wildman–Crippen MR) is 94.3 cm³/mol. The third-order valence-corrected chi connectivity index (χ3v) is 3.87. The van der Waals surface area contributed by atoms with E-state index in [9.17, 15) is 4.79 Å². The Morgan fingerprint density at radius 3 is 2.35 bits per heavy atom. The second kappa shape index (κ2) is 8.59. The van der Waals surface area contributed by atoms with Crippen molar-refractivity contribution in [1.82, 2.24) is 4.90 Å². The Bertz CT molecular complexity index is 623. The van der Waals surface area contributed by atoms with Crippen molar-refractivity contribution in [2.24, 2.45) is 0 Å². The zero-order valence-electron chi connectivity index (χ0n) is 13.6. The van der Waals surface area contributed by atoms with Gasteiger partial charge < -0.3 is 9.64 Å². The number of benzene rings is 2. The Hall–Kier alpha value is -2.00. The monoisotopic (exact) mass is 331 g/mol. The van der Waals surface area contributed by atoms with Crippen LogP contribution in [0.15, 0.2) is 48.5 Å². The SMILES string of the molecule is Cc1ccc(C(=O)N(C)CCCCOc2ccc(Cl)cc2)cc1. The Morgan fingerprint density at radius 1 is 1.04 bits per heavy atom. The first-order valence-corrected chi connectivity index (χ1v) is 8.14. The fourth-order valence-electron chi connectivity index (χ4n) is 2.19. The van der Waals surface area contributed by atoms with Crippen LogP contribution in [0.2, 0.25) is 5.02 Å². The molecule has 1 amide bonds. The normalized spacial score (nSPS) is 10.4. The average Bonchev–Trinajstić information content (AvgIpc) is 2.56. The first-order chi connectivity index (χ1) is 11.1. The molecule has 23 heavy (non-hydrogen) atoms. The largest absolute Gasteiger partial charge is 0.494 e. The zero-order chi connectivity index (χ0) is 16.7. The number of nitrogens with zero attached hydrogens (tertiary/aromatic N) is 1. The molecule has 3 nitrogen and oxygen atoms in total. The number of unbranched alkanes of at least 4 members (excludes halogenated alkanes) is 1. The average molecular weight is 332 g/mol. The highest BCUT2D eigenvalue weighted by molar-refractivity contribution is 6.30. The fourth-order valence-corrected chi connectivity index (χ4v) is 2.32. The van der Waals surface area contributed by atoms with Gasteiger partial charge in [-0.1, -0.05) is 29.3 Å². The van der Waals surface area contributed by atoms with Crippen molar-refractivity contribution in [3.05, 3.63) is 64.7 Å². The summed E-state index contributed by atoms with van der Waals surface area (Å²) in [5.74, 6) is 0.877. The Labute approximate surface area is 142 Å². The third-order valence-electron chi connectivity index (χ3n) is 3.62. The minimum absolute atomic E-state index is 0.0589. The summed E-state index contributed by atoms with van der Waals surface area (Å²) in [6.07, 6.45) is 1.80. The van der Waals surface area contributed by atoms with Gasteiger partial charge in [0, 0.05) is 24.2 Å². The van der Waals surface area contributed by atoms with Gasteiger partial charge in [-0.25, -0.2) is 0 Å². The highest BCUT2D eigenvalue weighted by Gasteiger charge is 2.10. The lowest BCUT2D eigenvalue weighted by molar-refractivity contribution is 0.0791. The Morgan fingerprint density at radius 2 is 1.70 bits per heavy atom. The van der Waals surface area contributed by atoms with Gasteiger partial charge in [0.25, 0.3) is 5.91 Å². The van der Waals surface area contributed by atoms with Gasteiger partial charge in [0.1, 0.15) is 5.75 Å². The topological polar surface area (TPSA) is 29.5 Å². The molecule has 0 N–H and O–H groups in total. The molecule has 0 bridgehead atoms. The Balaban J connectivity index is 1.68. The number of hydrogen-bond donors (Lipinski definition) is 0. The second-order valence-electron chi connectivity index (χ2n) is 5.60. The number of hydrogen-bond acceptors (Lipinski definition) is 2. The van der Waals surface area contributed by atoms with E-state index in [1.807, 2.05) is 62.5 Å². The van der Waals surface area contributed by atoms with Crippen LogP contribution < -0.4 is 4.74 Å². The van der Waals surface area contributed by atoms with Crippen molar-refractivity contribution >= 4 is 17.5 Å². The summed E-state index contributed by atoms with van der Waals surface area (Å²) in [4.78, 5) is 14.0. The molecule has 0 saturated heterocycles. The summed E-state index contributed by atoms with van der Waals surface area (Å²) in [5.41, 5.74) is 1.89. The second-order valence-corrected chi connectivity index (χ2v) is 6.04. The van der Waals surface area contributed by atoms with Crippen molar-refractivity contribution in [2.45, 2.75) is 19.8 Å². The predicted octanol–water partition coefficient (Wildman–Crippen LogP) is 4.58. The summed E-state index contributed by atoms with van der Waals surface area (Å²) < 4.78 is 5.64. The molecular weight excluding hydrogens is 310 g/mol. The maximum Gasteiger partial charge on any atom is 0.253 e. The zero-order valence-corrected chi connectivity index (χ0v) is 14.3. The third kappa shape index (κ3) is 5.61. The van der Waals surface area contributed by atoms with Crippen LogP contribution in [-0.2, 0) is 0 Å². The quantitative estimate of drug-likeness (QED) is 0.695. The number of amides is 1. The van der Waals surface area contributed by atoms with Crippen LogP contribution in [0.4, 0.5) is 0 Å². The van der Waals surface area contributed by atoms with E-state index >= 15 is 0 Å². The van der Waals surface area contributed by atoms with E-state index in [4.69, 9.17) is 16.3 Å². The summed E-state index contributed by atoms with van der Waals surface area (Å²) in [6, 6.07) is 15.0. The van der Waals surface area contributed by atoms with Gasteiger partial charge >= 0.3 is 0 Å². The lowest BCUT2D eigenvalue weighted by Gasteiger charge is -2.17. The molecule has 0 aliphatic carbocycles. The van der Waals surface area contributed by atoms with Crippen molar-refractivity contribution in [1.29, 1.82) is 0 Å². The van der Waals surface area contributed by atoms with Gasteiger partial charge in [-0.2, -0.15) is 0 Å². The molecule has 2 rings (SSSR count). The lowest BCUT2D eigenvalue weighted by atomic mass is 10.1. The first-order valence-electron chi connectivity index (χ1n) is 7.77. The lowest BCUT2D eigenvalue weighted by Crippen LogP contribution is -2.27. The van der Waals surface area contributed by atoms with Crippen LogP contribution in [0, 0.1) is 6.92 Å². The van der Waals surface area contributed by atoms with E-state index in [0.29, 0.717) is 11.6 Å². The minimum atomic E-state index is 0.0589. The fraction of sp³-hybridized carbons (Fsp3) is 0.316. The van der Waals surface area contributed by atoms with E-state index < -0.39 is 0 Å². The van der Waals surface area contributed by atoms with E-state index in [0.717, 1.165) is 36.3 Å². The van der Waals surface area contributed by atoms with Crippen molar-refractivity contribution in [3.8, 4) is 5.75 Å².